The molecule has 0 amide bonds. The maximum Gasteiger partial charge on any atom is 0.417 e. The molecule has 1 rings (SSSR count). The van der Waals surface area contributed by atoms with Gasteiger partial charge in [-0.1, -0.05) is 0 Å². The highest BCUT2D eigenvalue weighted by molar-refractivity contribution is 7.84. The van der Waals surface area contributed by atoms with E-state index in [9.17, 15) is 17.4 Å². The van der Waals surface area contributed by atoms with E-state index in [1.165, 1.54) is 18.4 Å². The van der Waals surface area contributed by atoms with Crippen molar-refractivity contribution in [3.05, 3.63) is 29.3 Å². The zero-order chi connectivity index (χ0) is 14.6. The van der Waals surface area contributed by atoms with Crippen LogP contribution in [-0.2, 0) is 17.0 Å². The molecule has 2 unspecified atom stereocenters. The lowest BCUT2D eigenvalue weighted by Crippen LogP contribution is -2.21. The molecule has 1 N–H and O–H groups in total. The van der Waals surface area contributed by atoms with Crippen LogP contribution in [-0.4, -0.2) is 22.3 Å². The molecule has 3 nitrogen and oxygen atoms in total. The molecule has 104 valence electrons. The monoisotopic (exact) mass is 290 g/mol. The number of hydrogen-bond donors (Lipinski definition) is 1. The topological polar surface area (TPSA) is 52.9 Å². The molecule has 19 heavy (non-hydrogen) atoms. The average molecular weight is 290 g/mol. The lowest BCUT2D eigenvalue weighted by atomic mass is 10.1. The average Bonchev–Trinajstić information content (AvgIpc) is 2.34. The fourth-order valence-electron chi connectivity index (χ4n) is 1.37. The Bertz CT molecular complexity index is 523. The van der Waals surface area contributed by atoms with Gasteiger partial charge in [0.2, 0.25) is 0 Å². The SMILES string of the molecule is CC(CNc1ccc(C#N)c(C(F)(F)F)c1)S(C)=O. The van der Waals surface area contributed by atoms with Crippen LogP contribution in [0, 0.1) is 11.3 Å². The fourth-order valence-corrected chi connectivity index (χ4v) is 1.68. The summed E-state index contributed by atoms with van der Waals surface area (Å²) in [5.74, 6) is 0. The van der Waals surface area contributed by atoms with Crippen molar-refractivity contribution in [3.63, 3.8) is 0 Å². The summed E-state index contributed by atoms with van der Waals surface area (Å²) in [6.45, 7) is 2.03. The first-order valence-electron chi connectivity index (χ1n) is 5.43. The number of anilines is 1. The van der Waals surface area contributed by atoms with E-state index in [0.29, 0.717) is 6.54 Å². The first-order valence-corrected chi connectivity index (χ1v) is 7.05. The van der Waals surface area contributed by atoms with Gasteiger partial charge in [0, 0.05) is 34.5 Å². The number of nitrogens with zero attached hydrogens (tertiary/aromatic N) is 1. The van der Waals surface area contributed by atoms with Gasteiger partial charge in [0.1, 0.15) is 0 Å². The van der Waals surface area contributed by atoms with Gasteiger partial charge in [0.25, 0.3) is 0 Å². The summed E-state index contributed by atoms with van der Waals surface area (Å²) < 4.78 is 49.3. The third-order valence-corrected chi connectivity index (χ3v) is 3.91. The molecule has 0 fully saturated rings. The summed E-state index contributed by atoms with van der Waals surface area (Å²) in [6, 6.07) is 4.93. The van der Waals surface area contributed by atoms with Gasteiger partial charge in [-0.25, -0.2) is 0 Å². The Morgan fingerprint density at radius 1 is 1.47 bits per heavy atom. The number of hydrogen-bond acceptors (Lipinski definition) is 3. The van der Waals surface area contributed by atoms with Gasteiger partial charge in [0.05, 0.1) is 17.2 Å². The molecule has 0 aliphatic rings. The molecule has 0 heterocycles. The van der Waals surface area contributed by atoms with Crippen LogP contribution in [0.4, 0.5) is 18.9 Å². The summed E-state index contributed by atoms with van der Waals surface area (Å²) in [7, 11) is -1.05. The van der Waals surface area contributed by atoms with Crippen LogP contribution in [0.5, 0.6) is 0 Å². The van der Waals surface area contributed by atoms with Crippen LogP contribution in [0.1, 0.15) is 18.1 Å². The quantitative estimate of drug-likeness (QED) is 0.927. The third-order valence-electron chi connectivity index (χ3n) is 2.61. The Morgan fingerprint density at radius 2 is 2.11 bits per heavy atom. The number of alkyl halides is 3. The van der Waals surface area contributed by atoms with Crippen molar-refractivity contribution in [2.75, 3.05) is 18.1 Å². The Hall–Kier alpha value is -1.55. The molecule has 2 atom stereocenters. The van der Waals surface area contributed by atoms with E-state index < -0.39 is 28.1 Å². The van der Waals surface area contributed by atoms with Crippen molar-refractivity contribution in [3.8, 4) is 6.07 Å². The zero-order valence-corrected chi connectivity index (χ0v) is 11.2. The maximum absolute atomic E-state index is 12.7. The summed E-state index contributed by atoms with van der Waals surface area (Å²) >= 11 is 0. The minimum Gasteiger partial charge on any atom is -0.384 e. The van der Waals surface area contributed by atoms with Gasteiger partial charge in [-0.05, 0) is 25.1 Å². The highest BCUT2D eigenvalue weighted by Gasteiger charge is 2.33. The van der Waals surface area contributed by atoms with Crippen molar-refractivity contribution >= 4 is 16.5 Å². The van der Waals surface area contributed by atoms with Crippen LogP contribution in [0.15, 0.2) is 18.2 Å². The number of benzene rings is 1. The van der Waals surface area contributed by atoms with Crippen LogP contribution in [0.2, 0.25) is 0 Å². The van der Waals surface area contributed by atoms with Crippen LogP contribution in [0.3, 0.4) is 0 Å². The Balaban J connectivity index is 2.94. The Morgan fingerprint density at radius 3 is 2.58 bits per heavy atom. The smallest absolute Gasteiger partial charge is 0.384 e. The molecular formula is C12H13F3N2OS. The lowest BCUT2D eigenvalue weighted by molar-refractivity contribution is -0.137. The standard InChI is InChI=1S/C12H13F3N2OS/c1-8(19(2)18)7-17-10-4-3-9(6-16)11(5-10)12(13,14)15/h3-5,8,17H,7H2,1-2H3. The van der Waals surface area contributed by atoms with Gasteiger partial charge in [-0.15, -0.1) is 0 Å². The molecule has 0 spiro atoms. The minimum absolute atomic E-state index is 0.176. The summed E-state index contributed by atoms with van der Waals surface area (Å²) in [5.41, 5.74) is -1.13. The minimum atomic E-state index is -4.57. The van der Waals surface area contributed by atoms with Crippen LogP contribution >= 0.6 is 0 Å². The van der Waals surface area contributed by atoms with Gasteiger partial charge < -0.3 is 5.32 Å². The van der Waals surface area contributed by atoms with E-state index in [2.05, 4.69) is 5.32 Å². The third kappa shape index (κ3) is 4.24. The van der Waals surface area contributed by atoms with Gasteiger partial charge in [-0.2, -0.15) is 18.4 Å². The van der Waals surface area contributed by atoms with Crippen molar-refractivity contribution in [1.29, 1.82) is 5.26 Å². The number of nitrogens with one attached hydrogen (secondary N) is 1. The largest absolute Gasteiger partial charge is 0.417 e. The Kier molecular flexibility index (Phi) is 4.95. The summed E-state index contributed by atoms with van der Waals surface area (Å²) in [4.78, 5) is 0. The van der Waals surface area contributed by atoms with Crippen molar-refractivity contribution in [2.45, 2.75) is 18.3 Å². The number of nitriles is 1. The molecule has 0 aromatic heterocycles. The van der Waals surface area contributed by atoms with E-state index in [4.69, 9.17) is 5.26 Å². The molecule has 7 heteroatoms. The lowest BCUT2D eigenvalue weighted by Gasteiger charge is -2.14. The second-order valence-corrected chi connectivity index (χ2v) is 5.86. The molecule has 0 aliphatic carbocycles. The molecule has 0 saturated carbocycles. The van der Waals surface area contributed by atoms with E-state index in [1.54, 1.807) is 6.92 Å². The first kappa shape index (κ1) is 15.5. The highest BCUT2D eigenvalue weighted by atomic mass is 32.2. The molecule has 0 bridgehead atoms. The van der Waals surface area contributed by atoms with Gasteiger partial charge >= 0.3 is 6.18 Å². The predicted molar refractivity (Wildman–Crippen MR) is 68.2 cm³/mol. The van der Waals surface area contributed by atoms with Gasteiger partial charge in [0.15, 0.2) is 0 Å². The highest BCUT2D eigenvalue weighted by Crippen LogP contribution is 2.33. The Labute approximate surface area is 111 Å². The molecule has 0 saturated heterocycles. The van der Waals surface area contributed by atoms with Crippen molar-refractivity contribution in [1.82, 2.24) is 0 Å². The van der Waals surface area contributed by atoms with Gasteiger partial charge in [-0.3, -0.25) is 4.21 Å². The maximum atomic E-state index is 12.7. The van der Waals surface area contributed by atoms with E-state index in [-0.39, 0.29) is 10.9 Å². The van der Waals surface area contributed by atoms with Crippen LogP contribution in [0.25, 0.3) is 0 Å². The number of halogens is 3. The van der Waals surface area contributed by atoms with Crippen LogP contribution < -0.4 is 5.32 Å². The van der Waals surface area contributed by atoms with E-state index in [1.807, 2.05) is 0 Å². The summed E-state index contributed by atoms with van der Waals surface area (Å²) in [6.07, 6.45) is -3.03. The predicted octanol–water partition coefficient (Wildman–Crippen LogP) is 2.76. The molecule has 1 aromatic rings. The zero-order valence-electron chi connectivity index (χ0n) is 10.4. The second-order valence-electron chi connectivity index (χ2n) is 4.06. The number of rotatable bonds is 4. The molecular weight excluding hydrogens is 277 g/mol. The van der Waals surface area contributed by atoms with E-state index >= 15 is 0 Å². The molecule has 0 radical (unpaired) electrons. The normalized spacial score (nSPS) is 14.5. The van der Waals surface area contributed by atoms with Crippen molar-refractivity contribution < 1.29 is 17.4 Å². The molecule has 1 aromatic carbocycles. The molecule has 0 aliphatic heterocycles. The fraction of sp³-hybridized carbons (Fsp3) is 0.417. The first-order chi connectivity index (χ1) is 8.75. The second kappa shape index (κ2) is 6.06. The van der Waals surface area contributed by atoms with E-state index in [0.717, 1.165) is 12.1 Å². The summed E-state index contributed by atoms with van der Waals surface area (Å²) in [5, 5.41) is 11.3. The van der Waals surface area contributed by atoms with Crippen molar-refractivity contribution in [2.24, 2.45) is 0 Å².